The van der Waals surface area contributed by atoms with Crippen LogP contribution in [0.3, 0.4) is 0 Å². The van der Waals surface area contributed by atoms with Gasteiger partial charge in [0, 0.05) is 18.4 Å². The molecule has 10 nitrogen and oxygen atoms in total. The van der Waals surface area contributed by atoms with Crippen LogP contribution in [0.25, 0.3) is 0 Å². The fraction of sp³-hybridized carbons (Fsp3) is 0.231. The molecule has 184 valence electrons. The molecule has 2 heterocycles. The average Bonchev–Trinajstić information content (AvgIpc) is 3.41. The van der Waals surface area contributed by atoms with Crippen LogP contribution >= 0.6 is 0 Å². The van der Waals surface area contributed by atoms with Gasteiger partial charge in [-0.1, -0.05) is 24.3 Å². The Bertz CT molecular complexity index is 1240. The zero-order valence-corrected chi connectivity index (χ0v) is 19.5. The van der Waals surface area contributed by atoms with E-state index in [1.807, 2.05) is 12.1 Å². The normalized spacial score (nSPS) is 14.5. The van der Waals surface area contributed by atoms with Crippen molar-refractivity contribution in [2.75, 3.05) is 17.2 Å². The lowest BCUT2D eigenvalue weighted by Crippen LogP contribution is -2.30. The van der Waals surface area contributed by atoms with E-state index < -0.39 is 12.0 Å². The number of hydrogen-bond acceptors (Lipinski definition) is 8. The fourth-order valence-electron chi connectivity index (χ4n) is 3.62. The minimum absolute atomic E-state index is 0.166. The van der Waals surface area contributed by atoms with E-state index in [2.05, 4.69) is 32.5 Å². The topological polar surface area (TPSA) is 137 Å². The van der Waals surface area contributed by atoms with Gasteiger partial charge in [0.25, 0.3) is 5.91 Å². The van der Waals surface area contributed by atoms with Crippen molar-refractivity contribution in [1.29, 1.82) is 5.26 Å². The molecule has 0 spiro atoms. The van der Waals surface area contributed by atoms with Gasteiger partial charge in [-0.3, -0.25) is 20.3 Å². The fourth-order valence-corrected chi connectivity index (χ4v) is 3.62. The van der Waals surface area contributed by atoms with Gasteiger partial charge in [0.05, 0.1) is 23.8 Å². The Morgan fingerprint density at radius 3 is 2.72 bits per heavy atom. The number of pyridine rings is 1. The van der Waals surface area contributed by atoms with Gasteiger partial charge in [0.15, 0.2) is 6.23 Å². The van der Waals surface area contributed by atoms with Crippen molar-refractivity contribution in [3.05, 3.63) is 89.1 Å². The van der Waals surface area contributed by atoms with Gasteiger partial charge in [-0.05, 0) is 66.9 Å². The second kappa shape index (κ2) is 12.3. The SMILES string of the molecule is N#Cc1ccc(CONC(=O)c2ccccc2NCc2ccnc(NC(=O)OC3CCCN3)c2)cc1. The maximum atomic E-state index is 12.7. The summed E-state index contributed by atoms with van der Waals surface area (Å²) in [6, 6.07) is 19.6. The van der Waals surface area contributed by atoms with Crippen molar-refractivity contribution < 1.29 is 19.2 Å². The monoisotopic (exact) mass is 486 g/mol. The highest BCUT2D eigenvalue weighted by Gasteiger charge is 2.18. The molecule has 0 radical (unpaired) electrons. The Morgan fingerprint density at radius 1 is 1.11 bits per heavy atom. The van der Waals surface area contributed by atoms with E-state index >= 15 is 0 Å². The summed E-state index contributed by atoms with van der Waals surface area (Å²) in [6.45, 7) is 1.39. The molecule has 1 unspecified atom stereocenters. The number of hydrogen-bond donors (Lipinski definition) is 4. The number of nitrogens with zero attached hydrogens (tertiary/aromatic N) is 2. The quantitative estimate of drug-likeness (QED) is 0.336. The number of carbonyl (C=O) groups excluding carboxylic acids is 2. The first-order valence-electron chi connectivity index (χ1n) is 11.5. The molecule has 0 saturated carbocycles. The number of hydroxylamine groups is 1. The van der Waals surface area contributed by atoms with E-state index in [1.165, 1.54) is 0 Å². The van der Waals surface area contributed by atoms with Gasteiger partial charge >= 0.3 is 6.09 Å². The number of benzene rings is 2. The third-order valence-electron chi connectivity index (χ3n) is 5.46. The Hall–Kier alpha value is -4.46. The van der Waals surface area contributed by atoms with Gasteiger partial charge < -0.3 is 10.1 Å². The van der Waals surface area contributed by atoms with Crippen molar-refractivity contribution in [1.82, 2.24) is 15.8 Å². The number of carbonyl (C=O) groups is 2. The van der Waals surface area contributed by atoms with E-state index in [-0.39, 0.29) is 12.8 Å². The van der Waals surface area contributed by atoms with Crippen LogP contribution in [0.4, 0.5) is 16.3 Å². The molecule has 1 aliphatic rings. The van der Waals surface area contributed by atoms with Crippen LogP contribution in [-0.4, -0.2) is 29.8 Å². The minimum Gasteiger partial charge on any atom is -0.430 e. The molecular weight excluding hydrogens is 460 g/mol. The molecule has 10 heteroatoms. The smallest absolute Gasteiger partial charge is 0.414 e. The summed E-state index contributed by atoms with van der Waals surface area (Å²) >= 11 is 0. The Balaban J connectivity index is 1.30. The number of rotatable bonds is 9. The lowest BCUT2D eigenvalue weighted by molar-refractivity contribution is 0.0234. The number of amides is 2. The van der Waals surface area contributed by atoms with Crippen molar-refractivity contribution in [2.24, 2.45) is 0 Å². The minimum atomic E-state index is -0.560. The first kappa shape index (κ1) is 24.7. The lowest BCUT2D eigenvalue weighted by atomic mass is 10.1. The van der Waals surface area contributed by atoms with Crippen LogP contribution in [0.15, 0.2) is 66.9 Å². The van der Waals surface area contributed by atoms with Crippen LogP contribution in [0.1, 0.15) is 39.9 Å². The summed E-state index contributed by atoms with van der Waals surface area (Å²) in [5.41, 5.74) is 5.72. The molecule has 0 bridgehead atoms. The molecule has 2 aromatic carbocycles. The van der Waals surface area contributed by atoms with Gasteiger partial charge in [-0.15, -0.1) is 0 Å². The van der Waals surface area contributed by atoms with E-state index in [0.717, 1.165) is 30.5 Å². The molecule has 36 heavy (non-hydrogen) atoms. The highest BCUT2D eigenvalue weighted by Crippen LogP contribution is 2.17. The summed E-state index contributed by atoms with van der Waals surface area (Å²) in [7, 11) is 0. The van der Waals surface area contributed by atoms with Crippen molar-refractivity contribution in [3.8, 4) is 6.07 Å². The molecule has 1 aromatic heterocycles. The average molecular weight is 487 g/mol. The molecule has 4 rings (SSSR count). The number of anilines is 2. The third-order valence-corrected chi connectivity index (χ3v) is 5.46. The van der Waals surface area contributed by atoms with Crippen LogP contribution in [0.5, 0.6) is 0 Å². The second-order valence-corrected chi connectivity index (χ2v) is 8.09. The predicted octanol–water partition coefficient (Wildman–Crippen LogP) is 3.68. The predicted molar refractivity (Wildman–Crippen MR) is 133 cm³/mol. The number of para-hydroxylation sites is 1. The highest BCUT2D eigenvalue weighted by atomic mass is 16.6. The van der Waals surface area contributed by atoms with Crippen LogP contribution in [0, 0.1) is 11.3 Å². The van der Waals surface area contributed by atoms with E-state index in [1.54, 1.807) is 54.7 Å². The third kappa shape index (κ3) is 7.02. The van der Waals surface area contributed by atoms with Crippen molar-refractivity contribution in [2.45, 2.75) is 32.2 Å². The zero-order valence-electron chi connectivity index (χ0n) is 19.5. The summed E-state index contributed by atoms with van der Waals surface area (Å²) in [5.74, 6) is -0.0216. The van der Waals surface area contributed by atoms with Gasteiger partial charge in [-0.25, -0.2) is 15.3 Å². The van der Waals surface area contributed by atoms with E-state index in [4.69, 9.17) is 14.8 Å². The van der Waals surface area contributed by atoms with Crippen molar-refractivity contribution in [3.63, 3.8) is 0 Å². The number of aromatic nitrogens is 1. The first-order chi connectivity index (χ1) is 17.6. The molecule has 4 N–H and O–H groups in total. The molecular formula is C26H26N6O4. The van der Waals surface area contributed by atoms with Crippen molar-refractivity contribution >= 4 is 23.5 Å². The molecule has 1 atom stereocenters. The first-order valence-corrected chi connectivity index (χ1v) is 11.5. The highest BCUT2D eigenvalue weighted by molar-refractivity contribution is 5.99. The van der Waals surface area contributed by atoms with E-state index in [0.29, 0.717) is 29.2 Å². The number of nitriles is 1. The number of ether oxygens (including phenoxy) is 1. The maximum Gasteiger partial charge on any atom is 0.414 e. The summed E-state index contributed by atoms with van der Waals surface area (Å²) in [5, 5.41) is 17.9. The molecule has 1 saturated heterocycles. The standard InChI is InChI=1S/C26H26N6O4/c27-15-18-7-9-19(10-8-18)17-35-32-25(33)21-4-1-2-5-22(21)30-16-20-11-13-28-23(14-20)31-26(34)36-24-6-3-12-29-24/h1-2,4-5,7-11,13-14,24,29-30H,3,6,12,16-17H2,(H,32,33)(H,28,31,34). The van der Waals surface area contributed by atoms with Crippen LogP contribution < -0.4 is 21.4 Å². The molecule has 0 aliphatic carbocycles. The van der Waals surface area contributed by atoms with Gasteiger partial charge in [-0.2, -0.15) is 5.26 Å². The molecule has 3 aromatic rings. The molecule has 2 amide bonds. The van der Waals surface area contributed by atoms with E-state index in [9.17, 15) is 9.59 Å². The second-order valence-electron chi connectivity index (χ2n) is 8.09. The Morgan fingerprint density at radius 2 is 1.94 bits per heavy atom. The Kier molecular flexibility index (Phi) is 8.43. The number of nitrogens with one attached hydrogen (secondary N) is 4. The largest absolute Gasteiger partial charge is 0.430 e. The van der Waals surface area contributed by atoms with Crippen LogP contribution in [0.2, 0.25) is 0 Å². The van der Waals surface area contributed by atoms with Gasteiger partial charge in [0.1, 0.15) is 5.82 Å². The molecule has 1 fully saturated rings. The molecule has 1 aliphatic heterocycles. The Labute approximate surface area is 208 Å². The lowest BCUT2D eigenvalue weighted by Gasteiger charge is -2.14. The summed E-state index contributed by atoms with van der Waals surface area (Å²) in [4.78, 5) is 34.3. The maximum absolute atomic E-state index is 12.7. The van der Waals surface area contributed by atoms with Crippen LogP contribution in [-0.2, 0) is 22.7 Å². The summed E-state index contributed by atoms with van der Waals surface area (Å²) < 4.78 is 5.31. The summed E-state index contributed by atoms with van der Waals surface area (Å²) in [6.07, 6.45) is 2.52. The zero-order chi connectivity index (χ0) is 25.2. The van der Waals surface area contributed by atoms with Gasteiger partial charge in [0.2, 0.25) is 0 Å².